The lowest BCUT2D eigenvalue weighted by Gasteiger charge is -2.19. The first kappa shape index (κ1) is 19.1. The van der Waals surface area contributed by atoms with Gasteiger partial charge in [0.2, 0.25) is 5.95 Å². The zero-order valence-corrected chi connectivity index (χ0v) is 15.9. The fourth-order valence-electron chi connectivity index (χ4n) is 1.91. The van der Waals surface area contributed by atoms with Crippen molar-refractivity contribution in [3.05, 3.63) is 40.8 Å². The van der Waals surface area contributed by atoms with E-state index in [4.69, 9.17) is 4.74 Å². The van der Waals surface area contributed by atoms with Gasteiger partial charge in [-0.3, -0.25) is 0 Å². The monoisotopic (exact) mass is 410 g/mol. The maximum Gasteiger partial charge on any atom is 0.407 e. The molecule has 0 saturated carbocycles. The van der Waals surface area contributed by atoms with Crippen molar-refractivity contribution in [2.24, 2.45) is 0 Å². The number of nitrogens with zero attached hydrogens (tertiary/aromatic N) is 2. The van der Waals surface area contributed by atoms with Gasteiger partial charge < -0.3 is 15.4 Å². The smallest absolute Gasteiger partial charge is 0.407 e. The first-order valence-electron chi connectivity index (χ1n) is 7.74. The van der Waals surface area contributed by atoms with Crippen LogP contribution in [-0.2, 0) is 4.74 Å². The molecule has 2 N–H and O–H groups in total. The minimum absolute atomic E-state index is 0.329. The van der Waals surface area contributed by atoms with Crippen molar-refractivity contribution >= 4 is 28.0 Å². The van der Waals surface area contributed by atoms with Gasteiger partial charge in [0.05, 0.1) is 10.2 Å². The quantitative estimate of drug-likeness (QED) is 0.728. The number of hydrogen-bond acceptors (Lipinski definition) is 5. The average molecular weight is 411 g/mol. The summed E-state index contributed by atoms with van der Waals surface area (Å²) < 4.78 is 18.8. The van der Waals surface area contributed by atoms with E-state index in [1.54, 1.807) is 45.2 Å². The lowest BCUT2D eigenvalue weighted by molar-refractivity contribution is 0.0530. The van der Waals surface area contributed by atoms with Gasteiger partial charge in [0, 0.05) is 24.8 Å². The second kappa shape index (κ2) is 8.24. The van der Waals surface area contributed by atoms with Gasteiger partial charge in [-0.15, -0.1) is 0 Å². The number of nitrogens with one attached hydrogen (secondary N) is 2. The Hall–Kier alpha value is -2.22. The molecule has 2 rings (SSSR count). The van der Waals surface area contributed by atoms with E-state index in [9.17, 15) is 9.18 Å². The van der Waals surface area contributed by atoms with Crippen LogP contribution >= 0.6 is 15.9 Å². The van der Waals surface area contributed by atoms with Crippen LogP contribution in [0.25, 0.3) is 11.3 Å². The number of carbonyl (C=O) groups is 1. The lowest BCUT2D eigenvalue weighted by atomic mass is 10.1. The van der Waals surface area contributed by atoms with E-state index in [1.807, 2.05) is 0 Å². The van der Waals surface area contributed by atoms with Gasteiger partial charge in [0.25, 0.3) is 0 Å². The summed E-state index contributed by atoms with van der Waals surface area (Å²) in [6.07, 6.45) is 1.14. The second-order valence-electron chi connectivity index (χ2n) is 6.25. The number of hydrogen-bond donors (Lipinski definition) is 2. The van der Waals surface area contributed by atoms with Crippen LogP contribution in [0.3, 0.4) is 0 Å². The predicted molar refractivity (Wildman–Crippen MR) is 97.9 cm³/mol. The Morgan fingerprint density at radius 2 is 2.04 bits per heavy atom. The van der Waals surface area contributed by atoms with E-state index in [2.05, 4.69) is 36.5 Å². The SMILES string of the molecule is CC(C)(C)OC(=O)NCCNc1nccc(-c2ccc(F)c(Br)c2)n1. The summed E-state index contributed by atoms with van der Waals surface area (Å²) in [6.45, 7) is 6.22. The van der Waals surface area contributed by atoms with Crippen LogP contribution in [0.5, 0.6) is 0 Å². The third-order valence-electron chi connectivity index (χ3n) is 2.95. The van der Waals surface area contributed by atoms with E-state index in [0.717, 1.165) is 5.56 Å². The zero-order valence-electron chi connectivity index (χ0n) is 14.3. The number of halogens is 2. The summed E-state index contributed by atoms with van der Waals surface area (Å²) in [6, 6.07) is 6.42. The molecular weight excluding hydrogens is 391 g/mol. The number of carbonyl (C=O) groups excluding carboxylic acids is 1. The maximum absolute atomic E-state index is 13.3. The molecule has 8 heteroatoms. The van der Waals surface area contributed by atoms with Crippen LogP contribution in [-0.4, -0.2) is 34.8 Å². The van der Waals surface area contributed by atoms with Gasteiger partial charge in [0.1, 0.15) is 11.4 Å². The highest BCUT2D eigenvalue weighted by Crippen LogP contribution is 2.24. The van der Waals surface area contributed by atoms with Crippen LogP contribution in [0.1, 0.15) is 20.8 Å². The summed E-state index contributed by atoms with van der Waals surface area (Å²) in [5.41, 5.74) is 0.905. The van der Waals surface area contributed by atoms with Crippen LogP contribution in [0.15, 0.2) is 34.9 Å². The number of amides is 1. The molecule has 6 nitrogen and oxygen atoms in total. The van der Waals surface area contributed by atoms with Crippen LogP contribution in [0.4, 0.5) is 15.1 Å². The van der Waals surface area contributed by atoms with Gasteiger partial charge in [-0.25, -0.2) is 19.2 Å². The van der Waals surface area contributed by atoms with Crippen molar-refractivity contribution in [1.29, 1.82) is 0 Å². The van der Waals surface area contributed by atoms with E-state index in [0.29, 0.717) is 29.2 Å². The summed E-state index contributed by atoms with van der Waals surface area (Å²) in [4.78, 5) is 20.1. The summed E-state index contributed by atoms with van der Waals surface area (Å²) in [7, 11) is 0. The normalized spacial score (nSPS) is 11.1. The van der Waals surface area contributed by atoms with Gasteiger partial charge in [-0.1, -0.05) is 0 Å². The largest absolute Gasteiger partial charge is 0.444 e. The maximum atomic E-state index is 13.3. The summed E-state index contributed by atoms with van der Waals surface area (Å²) in [5.74, 6) is 0.0910. The Balaban J connectivity index is 1.89. The molecule has 0 aliphatic heterocycles. The van der Waals surface area contributed by atoms with Crippen LogP contribution in [0, 0.1) is 5.82 Å². The van der Waals surface area contributed by atoms with Gasteiger partial charge in [-0.2, -0.15) is 0 Å². The Morgan fingerprint density at radius 1 is 1.28 bits per heavy atom. The zero-order chi connectivity index (χ0) is 18.4. The Labute approximate surface area is 154 Å². The topological polar surface area (TPSA) is 76.1 Å². The fourth-order valence-corrected chi connectivity index (χ4v) is 2.29. The third-order valence-corrected chi connectivity index (χ3v) is 3.55. The Kier molecular flexibility index (Phi) is 6.30. The van der Waals surface area contributed by atoms with Crippen molar-refractivity contribution in [2.75, 3.05) is 18.4 Å². The Bertz CT molecular complexity index is 750. The molecule has 2 aromatic rings. The molecule has 0 aliphatic rings. The molecule has 0 atom stereocenters. The molecule has 0 radical (unpaired) electrons. The molecule has 0 unspecified atom stereocenters. The summed E-state index contributed by atoms with van der Waals surface area (Å²) in [5, 5.41) is 5.66. The van der Waals surface area contributed by atoms with Crippen LogP contribution in [0.2, 0.25) is 0 Å². The van der Waals surface area contributed by atoms with Crippen molar-refractivity contribution in [3.63, 3.8) is 0 Å². The highest BCUT2D eigenvalue weighted by Gasteiger charge is 2.15. The minimum Gasteiger partial charge on any atom is -0.444 e. The van der Waals surface area contributed by atoms with E-state index < -0.39 is 11.7 Å². The predicted octanol–water partition coefficient (Wildman–Crippen LogP) is 3.98. The second-order valence-corrected chi connectivity index (χ2v) is 7.10. The van der Waals surface area contributed by atoms with E-state index in [1.165, 1.54) is 6.07 Å². The number of anilines is 1. The molecule has 1 heterocycles. The molecule has 25 heavy (non-hydrogen) atoms. The van der Waals surface area contributed by atoms with Crippen LogP contribution < -0.4 is 10.6 Å². The lowest BCUT2D eigenvalue weighted by Crippen LogP contribution is -2.35. The fraction of sp³-hybridized carbons (Fsp3) is 0.353. The van der Waals surface area contributed by atoms with E-state index >= 15 is 0 Å². The van der Waals surface area contributed by atoms with Crippen molar-refractivity contribution in [1.82, 2.24) is 15.3 Å². The number of ether oxygens (including phenoxy) is 1. The first-order valence-corrected chi connectivity index (χ1v) is 8.53. The standard InChI is InChI=1S/C17H20BrFN4O2/c1-17(2,3)25-16(24)22-9-8-21-15-20-7-6-14(23-15)11-4-5-13(19)12(18)10-11/h4-7,10H,8-9H2,1-3H3,(H,22,24)(H,20,21,23). The van der Waals surface area contributed by atoms with Gasteiger partial charge in [-0.05, 0) is 61.0 Å². The van der Waals surface area contributed by atoms with Crippen molar-refractivity contribution in [2.45, 2.75) is 26.4 Å². The molecule has 0 spiro atoms. The number of alkyl carbamates (subject to hydrolysis) is 1. The minimum atomic E-state index is -0.529. The van der Waals surface area contributed by atoms with Gasteiger partial charge >= 0.3 is 6.09 Å². The molecule has 1 amide bonds. The highest BCUT2D eigenvalue weighted by molar-refractivity contribution is 9.10. The molecule has 0 fully saturated rings. The molecule has 0 bridgehead atoms. The van der Waals surface area contributed by atoms with Crippen molar-refractivity contribution < 1.29 is 13.9 Å². The molecule has 0 saturated heterocycles. The number of rotatable bonds is 5. The highest BCUT2D eigenvalue weighted by atomic mass is 79.9. The van der Waals surface area contributed by atoms with E-state index in [-0.39, 0.29) is 5.82 Å². The molecule has 0 aliphatic carbocycles. The summed E-state index contributed by atoms with van der Waals surface area (Å²) >= 11 is 3.16. The third kappa shape index (κ3) is 6.30. The number of aromatic nitrogens is 2. The number of benzene rings is 1. The van der Waals surface area contributed by atoms with Crippen molar-refractivity contribution in [3.8, 4) is 11.3 Å². The molecule has 134 valence electrons. The first-order chi connectivity index (χ1) is 11.7. The molecule has 1 aromatic carbocycles. The molecular formula is C17H20BrFN4O2. The Morgan fingerprint density at radius 3 is 2.72 bits per heavy atom. The average Bonchev–Trinajstić information content (AvgIpc) is 2.53. The molecule has 1 aromatic heterocycles. The van der Waals surface area contributed by atoms with Gasteiger partial charge in [0.15, 0.2) is 0 Å².